The summed E-state index contributed by atoms with van der Waals surface area (Å²) in [4.78, 5) is 24.9. The molecule has 2 amide bonds. The Morgan fingerprint density at radius 2 is 1.94 bits per heavy atom. The van der Waals surface area contributed by atoms with Gasteiger partial charge in [0, 0.05) is 12.6 Å². The van der Waals surface area contributed by atoms with Crippen molar-refractivity contribution in [3.63, 3.8) is 0 Å². The number of rotatable bonds is 3. The van der Waals surface area contributed by atoms with Crippen LogP contribution in [0.25, 0.3) is 0 Å². The van der Waals surface area contributed by atoms with Gasteiger partial charge >= 0.3 is 0 Å². The molecule has 88 valence electrons. The van der Waals surface area contributed by atoms with Gasteiger partial charge in [0.1, 0.15) is 0 Å². The van der Waals surface area contributed by atoms with Gasteiger partial charge in [-0.3, -0.25) is 14.5 Å². The first-order valence-electron chi connectivity index (χ1n) is 6.36. The number of fused-ring (bicyclic) bond motifs is 1. The van der Waals surface area contributed by atoms with E-state index < -0.39 is 0 Å². The van der Waals surface area contributed by atoms with E-state index in [2.05, 4.69) is 5.32 Å². The molecule has 2 saturated heterocycles. The number of piperidine rings is 2. The monoisotopic (exact) mass is 222 g/mol. The maximum atomic E-state index is 11.7. The molecule has 1 saturated carbocycles. The summed E-state index contributed by atoms with van der Waals surface area (Å²) in [6, 6.07) is 0.506. The van der Waals surface area contributed by atoms with Gasteiger partial charge in [0.05, 0.1) is 11.8 Å². The molecule has 0 radical (unpaired) electrons. The summed E-state index contributed by atoms with van der Waals surface area (Å²) in [6.45, 7) is 1.71. The zero-order valence-electron chi connectivity index (χ0n) is 9.45. The Balaban J connectivity index is 1.51. The highest BCUT2D eigenvalue weighted by Gasteiger charge is 2.58. The summed E-state index contributed by atoms with van der Waals surface area (Å²) in [6.07, 6.45) is 5.45. The quantitative estimate of drug-likeness (QED) is 0.708. The first kappa shape index (κ1) is 10.3. The third-order valence-corrected chi connectivity index (χ3v) is 4.07. The van der Waals surface area contributed by atoms with Crippen molar-refractivity contribution in [2.45, 2.75) is 38.1 Å². The molecule has 2 heterocycles. The van der Waals surface area contributed by atoms with Crippen molar-refractivity contribution in [1.82, 2.24) is 10.2 Å². The fourth-order valence-electron chi connectivity index (χ4n) is 2.93. The van der Waals surface area contributed by atoms with Crippen LogP contribution in [-0.4, -0.2) is 35.8 Å². The Bertz CT molecular complexity index is 303. The lowest BCUT2D eigenvalue weighted by atomic mass is 10.0. The fourth-order valence-corrected chi connectivity index (χ4v) is 2.93. The average Bonchev–Trinajstić information content (AvgIpc) is 3.05. The molecule has 1 aliphatic carbocycles. The Kier molecular flexibility index (Phi) is 2.46. The molecule has 3 unspecified atom stereocenters. The van der Waals surface area contributed by atoms with Crippen molar-refractivity contribution in [2.75, 3.05) is 13.1 Å². The molecule has 0 aromatic rings. The van der Waals surface area contributed by atoms with Crippen LogP contribution >= 0.6 is 0 Å². The lowest BCUT2D eigenvalue weighted by Gasteiger charge is -2.25. The molecule has 1 N–H and O–H groups in total. The Labute approximate surface area is 95.4 Å². The lowest BCUT2D eigenvalue weighted by molar-refractivity contribution is -0.141. The molecule has 4 nitrogen and oxygen atoms in total. The molecule has 4 heteroatoms. The molecule has 0 bridgehead atoms. The number of nitrogens with one attached hydrogen (secondary N) is 1. The van der Waals surface area contributed by atoms with Gasteiger partial charge in [0.25, 0.3) is 0 Å². The van der Waals surface area contributed by atoms with Gasteiger partial charge in [-0.15, -0.1) is 0 Å². The Morgan fingerprint density at radius 3 is 2.56 bits per heavy atom. The van der Waals surface area contributed by atoms with Crippen LogP contribution in [0.4, 0.5) is 0 Å². The van der Waals surface area contributed by atoms with E-state index in [1.54, 1.807) is 0 Å². The summed E-state index contributed by atoms with van der Waals surface area (Å²) in [5, 5.41) is 3.45. The largest absolute Gasteiger partial charge is 0.314 e. The van der Waals surface area contributed by atoms with E-state index in [1.165, 1.54) is 24.2 Å². The zero-order chi connectivity index (χ0) is 11.1. The first-order chi connectivity index (χ1) is 7.77. The highest BCUT2D eigenvalue weighted by atomic mass is 16.2. The van der Waals surface area contributed by atoms with Crippen LogP contribution in [0.5, 0.6) is 0 Å². The van der Waals surface area contributed by atoms with Crippen molar-refractivity contribution in [1.29, 1.82) is 0 Å². The maximum absolute atomic E-state index is 11.7. The smallest absolute Gasteiger partial charge is 0.233 e. The number of nitrogens with zero attached hydrogens (tertiary/aromatic N) is 1. The minimum absolute atomic E-state index is 0.0619. The van der Waals surface area contributed by atoms with Crippen molar-refractivity contribution in [2.24, 2.45) is 11.8 Å². The minimum atomic E-state index is 0.0619. The second-order valence-corrected chi connectivity index (χ2v) is 5.21. The average molecular weight is 222 g/mol. The standard InChI is InChI=1S/C12H18N2O2/c15-11-9-7-10(9)12(16)14(11)6-4-8-3-1-2-5-13-8/h8-10,13H,1-7H2. The van der Waals surface area contributed by atoms with Crippen LogP contribution < -0.4 is 5.32 Å². The number of carbonyl (C=O) groups excluding carboxylic acids is 2. The maximum Gasteiger partial charge on any atom is 0.233 e. The molecule has 0 aromatic carbocycles. The Morgan fingerprint density at radius 1 is 1.19 bits per heavy atom. The van der Waals surface area contributed by atoms with Gasteiger partial charge in [0.2, 0.25) is 11.8 Å². The highest BCUT2D eigenvalue weighted by Crippen LogP contribution is 2.46. The van der Waals surface area contributed by atoms with E-state index in [0.717, 1.165) is 19.4 Å². The van der Waals surface area contributed by atoms with E-state index in [9.17, 15) is 9.59 Å². The van der Waals surface area contributed by atoms with Crippen LogP contribution in [-0.2, 0) is 9.59 Å². The van der Waals surface area contributed by atoms with Gasteiger partial charge in [-0.2, -0.15) is 0 Å². The lowest BCUT2D eigenvalue weighted by Crippen LogP contribution is -2.40. The van der Waals surface area contributed by atoms with Crippen molar-refractivity contribution >= 4 is 11.8 Å². The highest BCUT2D eigenvalue weighted by molar-refractivity contribution is 6.08. The fraction of sp³-hybridized carbons (Fsp3) is 0.833. The number of carbonyl (C=O) groups is 2. The number of amides is 2. The molecule has 0 spiro atoms. The van der Waals surface area contributed by atoms with Gasteiger partial charge in [-0.1, -0.05) is 6.42 Å². The first-order valence-corrected chi connectivity index (χ1v) is 6.36. The SMILES string of the molecule is O=C1C2CC2C(=O)N1CCC1CCCCN1. The third-order valence-electron chi connectivity index (χ3n) is 4.07. The number of imide groups is 1. The summed E-state index contributed by atoms with van der Waals surface area (Å²) >= 11 is 0. The predicted molar refractivity (Wildman–Crippen MR) is 58.6 cm³/mol. The summed E-state index contributed by atoms with van der Waals surface area (Å²) in [7, 11) is 0. The normalized spacial score (nSPS) is 37.8. The van der Waals surface area contributed by atoms with Gasteiger partial charge < -0.3 is 5.32 Å². The molecule has 16 heavy (non-hydrogen) atoms. The van der Waals surface area contributed by atoms with Gasteiger partial charge in [-0.25, -0.2) is 0 Å². The van der Waals surface area contributed by atoms with E-state index >= 15 is 0 Å². The summed E-state index contributed by atoms with van der Waals surface area (Å²) < 4.78 is 0. The number of hydrogen-bond acceptors (Lipinski definition) is 3. The molecular weight excluding hydrogens is 204 g/mol. The Hall–Kier alpha value is -0.900. The van der Waals surface area contributed by atoms with E-state index in [1.807, 2.05) is 0 Å². The van der Waals surface area contributed by atoms with Crippen molar-refractivity contribution in [3.05, 3.63) is 0 Å². The van der Waals surface area contributed by atoms with E-state index in [0.29, 0.717) is 12.6 Å². The number of likely N-dealkylation sites (tertiary alicyclic amines) is 1. The van der Waals surface area contributed by atoms with Crippen molar-refractivity contribution in [3.8, 4) is 0 Å². The van der Waals surface area contributed by atoms with Gasteiger partial charge in [-0.05, 0) is 32.2 Å². The van der Waals surface area contributed by atoms with Crippen molar-refractivity contribution < 1.29 is 9.59 Å². The molecule has 3 atom stereocenters. The van der Waals surface area contributed by atoms with Crippen LogP contribution in [0.3, 0.4) is 0 Å². The van der Waals surface area contributed by atoms with Crippen LogP contribution in [0, 0.1) is 11.8 Å². The predicted octanol–water partition coefficient (Wildman–Crippen LogP) is 0.523. The molecule has 3 fully saturated rings. The summed E-state index contributed by atoms with van der Waals surface area (Å²) in [5.41, 5.74) is 0. The second-order valence-electron chi connectivity index (χ2n) is 5.21. The van der Waals surface area contributed by atoms with Crippen LogP contribution in [0.15, 0.2) is 0 Å². The molecule has 3 rings (SSSR count). The zero-order valence-corrected chi connectivity index (χ0v) is 9.45. The molecular formula is C12H18N2O2. The third kappa shape index (κ3) is 1.65. The van der Waals surface area contributed by atoms with E-state index in [-0.39, 0.29) is 23.7 Å². The van der Waals surface area contributed by atoms with Crippen LogP contribution in [0.2, 0.25) is 0 Å². The minimum Gasteiger partial charge on any atom is -0.314 e. The number of hydrogen-bond donors (Lipinski definition) is 1. The summed E-state index contributed by atoms with van der Waals surface area (Å²) in [5.74, 6) is 0.301. The topological polar surface area (TPSA) is 49.4 Å². The molecule has 2 aliphatic heterocycles. The molecule has 3 aliphatic rings. The second kappa shape index (κ2) is 3.84. The van der Waals surface area contributed by atoms with E-state index in [4.69, 9.17) is 0 Å². The van der Waals surface area contributed by atoms with Gasteiger partial charge in [0.15, 0.2) is 0 Å². The van der Waals surface area contributed by atoms with Crippen LogP contribution in [0.1, 0.15) is 32.1 Å². The molecule has 0 aromatic heterocycles.